The Morgan fingerprint density at radius 1 is 1.19 bits per heavy atom. The number of methoxy groups -OCH3 is 1. The Morgan fingerprint density at radius 3 is 2.62 bits per heavy atom. The van der Waals surface area contributed by atoms with Crippen LogP contribution in [0.4, 0.5) is 0 Å². The minimum absolute atomic E-state index is 0.173. The summed E-state index contributed by atoms with van der Waals surface area (Å²) in [4.78, 5) is 11.0. The highest BCUT2D eigenvalue weighted by Gasteiger charge is 2.06. The fraction of sp³-hybridized carbons (Fsp3) is 0.154. The molecule has 0 N–H and O–H groups in total. The number of hydrogen-bond donors (Lipinski definition) is 0. The Kier molecular flexibility index (Phi) is 3.17. The van der Waals surface area contributed by atoms with E-state index in [2.05, 4.69) is 0 Å². The lowest BCUT2D eigenvalue weighted by Gasteiger charge is -2.09. The van der Waals surface area contributed by atoms with Gasteiger partial charge in [0.15, 0.2) is 13.1 Å². The maximum Gasteiger partial charge on any atom is 0.188 e. The molecule has 3 nitrogen and oxygen atoms in total. The van der Waals surface area contributed by atoms with Crippen LogP contribution in [0.5, 0.6) is 5.75 Å². The highest BCUT2D eigenvalue weighted by atomic mass is 16.7. The van der Waals surface area contributed by atoms with Crippen LogP contribution in [0.2, 0.25) is 0 Å². The first-order valence-corrected chi connectivity index (χ1v) is 4.95. The predicted molar refractivity (Wildman–Crippen MR) is 61.8 cm³/mol. The van der Waals surface area contributed by atoms with Gasteiger partial charge in [-0.1, -0.05) is 30.3 Å². The molecule has 0 saturated heterocycles. The van der Waals surface area contributed by atoms with Crippen molar-refractivity contribution >= 4 is 17.1 Å². The Hall–Kier alpha value is -1.87. The third-order valence-electron chi connectivity index (χ3n) is 2.36. The molecule has 2 aromatic carbocycles. The number of hydrogen-bond acceptors (Lipinski definition) is 3. The van der Waals surface area contributed by atoms with Crippen LogP contribution >= 0.6 is 0 Å². The van der Waals surface area contributed by atoms with Crippen molar-refractivity contribution in [3.63, 3.8) is 0 Å². The first kappa shape index (κ1) is 10.6. The average molecular weight is 216 g/mol. The van der Waals surface area contributed by atoms with Gasteiger partial charge in [0, 0.05) is 18.1 Å². The van der Waals surface area contributed by atoms with Gasteiger partial charge in [0.05, 0.1) is 0 Å². The molecule has 2 aromatic rings. The molecular weight excluding hydrogens is 204 g/mol. The van der Waals surface area contributed by atoms with Crippen LogP contribution in [0.15, 0.2) is 36.4 Å². The van der Waals surface area contributed by atoms with E-state index >= 15 is 0 Å². The van der Waals surface area contributed by atoms with Crippen molar-refractivity contribution in [2.24, 2.45) is 0 Å². The summed E-state index contributed by atoms with van der Waals surface area (Å²) in [7, 11) is 1.56. The van der Waals surface area contributed by atoms with E-state index in [1.807, 2.05) is 30.3 Å². The summed E-state index contributed by atoms with van der Waals surface area (Å²) in [6, 6.07) is 11.2. The molecule has 0 aliphatic heterocycles. The summed E-state index contributed by atoms with van der Waals surface area (Å²) in [5.74, 6) is 0.669. The standard InChI is InChI=1S/C13H12O3/c1-15-9-16-12-7-3-5-10-4-2-6-11(8-14)13(10)12/h2-8H,9H2,1H3. The van der Waals surface area contributed by atoms with Gasteiger partial charge in [-0.15, -0.1) is 0 Å². The lowest BCUT2D eigenvalue weighted by Crippen LogP contribution is -2.00. The maximum absolute atomic E-state index is 11.0. The van der Waals surface area contributed by atoms with Crippen molar-refractivity contribution in [3.8, 4) is 5.75 Å². The molecule has 0 heterocycles. The van der Waals surface area contributed by atoms with Gasteiger partial charge in [0.2, 0.25) is 0 Å². The fourth-order valence-corrected chi connectivity index (χ4v) is 1.68. The summed E-state index contributed by atoms with van der Waals surface area (Å²) >= 11 is 0. The molecule has 3 heteroatoms. The molecule has 82 valence electrons. The molecule has 0 atom stereocenters. The molecule has 0 unspecified atom stereocenters. The van der Waals surface area contributed by atoms with Crippen LogP contribution in [-0.4, -0.2) is 20.2 Å². The second-order valence-electron chi connectivity index (χ2n) is 3.37. The predicted octanol–water partition coefficient (Wildman–Crippen LogP) is 2.64. The Morgan fingerprint density at radius 2 is 1.94 bits per heavy atom. The van der Waals surface area contributed by atoms with Gasteiger partial charge in [0.1, 0.15) is 5.75 Å². The van der Waals surface area contributed by atoms with Crippen molar-refractivity contribution < 1.29 is 14.3 Å². The molecule has 0 bridgehead atoms. The second-order valence-corrected chi connectivity index (χ2v) is 3.37. The lowest BCUT2D eigenvalue weighted by molar-refractivity contribution is 0.0522. The van der Waals surface area contributed by atoms with E-state index in [0.717, 1.165) is 17.1 Å². The number of aldehydes is 1. The molecule has 0 fully saturated rings. The van der Waals surface area contributed by atoms with Crippen molar-refractivity contribution in [3.05, 3.63) is 42.0 Å². The molecule has 2 rings (SSSR count). The zero-order valence-electron chi connectivity index (χ0n) is 8.97. The molecule has 0 radical (unpaired) electrons. The monoisotopic (exact) mass is 216 g/mol. The van der Waals surface area contributed by atoms with E-state index in [9.17, 15) is 4.79 Å². The topological polar surface area (TPSA) is 35.5 Å². The molecule has 0 spiro atoms. The van der Waals surface area contributed by atoms with Crippen molar-refractivity contribution in [1.29, 1.82) is 0 Å². The highest BCUT2D eigenvalue weighted by molar-refractivity contribution is 6.01. The van der Waals surface area contributed by atoms with Gasteiger partial charge in [-0.25, -0.2) is 0 Å². The van der Waals surface area contributed by atoms with Gasteiger partial charge in [-0.3, -0.25) is 4.79 Å². The SMILES string of the molecule is COCOc1cccc2cccc(C=O)c12. The molecule has 0 aliphatic rings. The summed E-state index contributed by atoms with van der Waals surface area (Å²) < 4.78 is 10.3. The fourth-order valence-electron chi connectivity index (χ4n) is 1.68. The molecule has 0 saturated carbocycles. The van der Waals surface area contributed by atoms with Crippen LogP contribution < -0.4 is 4.74 Å². The minimum atomic E-state index is 0.173. The van der Waals surface area contributed by atoms with Crippen LogP contribution in [0.3, 0.4) is 0 Å². The van der Waals surface area contributed by atoms with Crippen molar-refractivity contribution in [1.82, 2.24) is 0 Å². The normalized spacial score (nSPS) is 10.3. The van der Waals surface area contributed by atoms with Crippen LogP contribution in [-0.2, 0) is 4.74 Å². The summed E-state index contributed by atoms with van der Waals surface area (Å²) in [6.45, 7) is 0.173. The number of benzene rings is 2. The van der Waals surface area contributed by atoms with Gasteiger partial charge >= 0.3 is 0 Å². The molecule has 16 heavy (non-hydrogen) atoms. The quantitative estimate of drug-likeness (QED) is 0.582. The van der Waals surface area contributed by atoms with Crippen LogP contribution in [0.1, 0.15) is 10.4 Å². The highest BCUT2D eigenvalue weighted by Crippen LogP contribution is 2.28. The first-order chi connectivity index (χ1) is 7.86. The van der Waals surface area contributed by atoms with Gasteiger partial charge < -0.3 is 9.47 Å². The largest absolute Gasteiger partial charge is 0.467 e. The summed E-state index contributed by atoms with van der Waals surface area (Å²) in [6.07, 6.45) is 0.835. The molecule has 0 aliphatic carbocycles. The zero-order chi connectivity index (χ0) is 11.4. The number of ether oxygens (including phenoxy) is 2. The number of fused-ring (bicyclic) bond motifs is 1. The smallest absolute Gasteiger partial charge is 0.188 e. The van der Waals surface area contributed by atoms with E-state index in [1.165, 1.54) is 0 Å². The summed E-state index contributed by atoms with van der Waals surface area (Å²) in [5.41, 5.74) is 0.629. The number of rotatable bonds is 4. The number of carbonyl (C=O) groups is 1. The third-order valence-corrected chi connectivity index (χ3v) is 2.36. The molecule has 0 aromatic heterocycles. The van der Waals surface area contributed by atoms with E-state index in [4.69, 9.17) is 9.47 Å². The zero-order valence-corrected chi connectivity index (χ0v) is 8.97. The van der Waals surface area contributed by atoms with E-state index < -0.39 is 0 Å². The average Bonchev–Trinajstić information content (AvgIpc) is 2.35. The van der Waals surface area contributed by atoms with Crippen molar-refractivity contribution in [2.75, 3.05) is 13.9 Å². The third kappa shape index (κ3) is 1.90. The van der Waals surface area contributed by atoms with Crippen molar-refractivity contribution in [2.45, 2.75) is 0 Å². The van der Waals surface area contributed by atoms with Gasteiger partial charge in [-0.2, -0.15) is 0 Å². The lowest BCUT2D eigenvalue weighted by atomic mass is 10.0. The maximum atomic E-state index is 11.0. The molecular formula is C13H12O3. The van der Waals surface area contributed by atoms with Crippen LogP contribution in [0.25, 0.3) is 10.8 Å². The first-order valence-electron chi connectivity index (χ1n) is 4.95. The Labute approximate surface area is 93.6 Å². The Balaban J connectivity index is 2.59. The number of carbonyl (C=O) groups excluding carboxylic acids is 1. The van der Waals surface area contributed by atoms with Gasteiger partial charge in [-0.05, 0) is 11.5 Å². The van der Waals surface area contributed by atoms with E-state index in [0.29, 0.717) is 11.3 Å². The van der Waals surface area contributed by atoms with E-state index in [-0.39, 0.29) is 6.79 Å². The van der Waals surface area contributed by atoms with E-state index in [1.54, 1.807) is 13.2 Å². The Bertz CT molecular complexity index is 500. The second kappa shape index (κ2) is 4.77. The minimum Gasteiger partial charge on any atom is -0.467 e. The van der Waals surface area contributed by atoms with Crippen LogP contribution in [0, 0.1) is 0 Å². The van der Waals surface area contributed by atoms with Gasteiger partial charge in [0.25, 0.3) is 0 Å². The molecule has 0 amide bonds. The summed E-state index contributed by atoms with van der Waals surface area (Å²) in [5, 5.41) is 1.82.